The largest absolute Gasteiger partial charge is 0.588 e. The molecule has 0 bridgehead atoms. The molecule has 1 aliphatic rings. The standard InChI is InChI=1S/C25H19ClN2O3S/c1-28-22-12-8-17(4-3-5-19-9-13-24(31-2)27-16-19)14-21(22)25(29)23(32(28)30)15-18-6-10-20(26)11-7-18/h6-16H,5H2,1-2H3/b23-15+. The van der Waals surface area contributed by atoms with Crippen molar-refractivity contribution < 1.29 is 14.1 Å². The Hall–Kier alpha value is -3.24. The van der Waals surface area contributed by atoms with E-state index in [9.17, 15) is 9.35 Å². The molecule has 4 rings (SSSR count). The Morgan fingerprint density at radius 3 is 2.66 bits per heavy atom. The second kappa shape index (κ2) is 9.49. The van der Waals surface area contributed by atoms with Gasteiger partial charge in [0.25, 0.3) is 0 Å². The molecule has 0 aliphatic carbocycles. The summed E-state index contributed by atoms with van der Waals surface area (Å²) in [5, 5.41) is 0.597. The highest BCUT2D eigenvalue weighted by atomic mass is 35.5. The molecular weight excluding hydrogens is 444 g/mol. The maximum atomic E-state index is 13.2. The molecule has 0 saturated carbocycles. The molecule has 0 amide bonds. The molecular formula is C25H19ClN2O3S. The number of carbonyl (C=O) groups excluding carboxylic acids is 1. The van der Waals surface area contributed by atoms with Crippen molar-refractivity contribution >= 4 is 40.5 Å². The number of fused-ring (bicyclic) bond motifs is 1. The van der Waals surface area contributed by atoms with Crippen molar-refractivity contribution in [2.24, 2.45) is 0 Å². The van der Waals surface area contributed by atoms with Crippen LogP contribution in [0.4, 0.5) is 5.69 Å². The first kappa shape index (κ1) is 22.0. The van der Waals surface area contributed by atoms with E-state index in [2.05, 4.69) is 16.8 Å². The van der Waals surface area contributed by atoms with Gasteiger partial charge in [-0.05, 0) is 41.5 Å². The summed E-state index contributed by atoms with van der Waals surface area (Å²) in [6.07, 6.45) is 3.89. The van der Waals surface area contributed by atoms with Crippen molar-refractivity contribution in [1.82, 2.24) is 4.98 Å². The molecule has 2 heterocycles. The van der Waals surface area contributed by atoms with Crippen LogP contribution in [0, 0.1) is 11.8 Å². The lowest BCUT2D eigenvalue weighted by Crippen LogP contribution is -2.36. The molecule has 0 fully saturated rings. The summed E-state index contributed by atoms with van der Waals surface area (Å²) in [5.74, 6) is 6.50. The molecule has 0 spiro atoms. The molecule has 2 aromatic carbocycles. The number of methoxy groups -OCH3 is 1. The number of aromatic nitrogens is 1. The van der Waals surface area contributed by atoms with Gasteiger partial charge in [-0.2, -0.15) is 4.31 Å². The van der Waals surface area contributed by atoms with E-state index in [0.717, 1.165) is 11.1 Å². The van der Waals surface area contributed by atoms with E-state index in [-0.39, 0.29) is 10.7 Å². The average molecular weight is 463 g/mol. The molecule has 1 aromatic heterocycles. The maximum Gasteiger partial charge on any atom is 0.245 e. The fraction of sp³-hybridized carbons (Fsp3) is 0.120. The molecule has 1 atom stereocenters. The minimum Gasteiger partial charge on any atom is -0.588 e. The van der Waals surface area contributed by atoms with Gasteiger partial charge in [0.1, 0.15) is 11.4 Å². The number of anilines is 1. The van der Waals surface area contributed by atoms with Gasteiger partial charge in [0.2, 0.25) is 16.6 Å². The topological polar surface area (TPSA) is 65.5 Å². The van der Waals surface area contributed by atoms with Gasteiger partial charge in [0.15, 0.2) is 0 Å². The van der Waals surface area contributed by atoms with E-state index in [1.807, 2.05) is 12.1 Å². The number of Topliss-reactive ketones (excluding diaryl/α,β-unsaturated/α-hetero) is 1. The lowest BCUT2D eigenvalue weighted by atomic mass is 10.0. The first-order chi connectivity index (χ1) is 15.5. The number of pyridine rings is 1. The van der Waals surface area contributed by atoms with Crippen LogP contribution in [0.1, 0.15) is 27.0 Å². The fourth-order valence-corrected chi connectivity index (χ4v) is 4.49. The molecule has 0 radical (unpaired) electrons. The van der Waals surface area contributed by atoms with Crippen molar-refractivity contribution in [2.45, 2.75) is 6.42 Å². The first-order valence-electron chi connectivity index (χ1n) is 9.75. The van der Waals surface area contributed by atoms with Crippen LogP contribution in [0.3, 0.4) is 0 Å². The highest BCUT2D eigenvalue weighted by molar-refractivity contribution is 7.97. The van der Waals surface area contributed by atoms with Crippen LogP contribution in [-0.2, 0) is 17.8 Å². The number of halogens is 1. The van der Waals surface area contributed by atoms with E-state index in [4.69, 9.17) is 16.3 Å². The van der Waals surface area contributed by atoms with Crippen molar-refractivity contribution in [3.8, 4) is 17.7 Å². The van der Waals surface area contributed by atoms with Crippen molar-refractivity contribution in [3.63, 3.8) is 0 Å². The summed E-state index contributed by atoms with van der Waals surface area (Å²) in [7, 11) is 3.28. The Balaban J connectivity index is 1.60. The summed E-state index contributed by atoms with van der Waals surface area (Å²) in [6, 6.07) is 16.1. The summed E-state index contributed by atoms with van der Waals surface area (Å²) in [5.41, 5.74) is 3.53. The number of hydrogen-bond donors (Lipinski definition) is 0. The number of rotatable bonds is 3. The number of ketones is 1. The van der Waals surface area contributed by atoms with E-state index in [1.54, 1.807) is 73.2 Å². The number of allylic oxidation sites excluding steroid dienone is 1. The second-order valence-electron chi connectivity index (χ2n) is 7.06. The highest BCUT2D eigenvalue weighted by Crippen LogP contribution is 2.35. The van der Waals surface area contributed by atoms with Crippen LogP contribution in [0.25, 0.3) is 6.08 Å². The SMILES string of the molecule is COc1ccc(CC#Cc2ccc3c(c2)C(=O)/C(=C\c2ccc(Cl)cc2)[S+]([O-])N3C)cn1. The molecule has 160 valence electrons. The Morgan fingerprint density at radius 2 is 1.97 bits per heavy atom. The van der Waals surface area contributed by atoms with E-state index in [0.29, 0.717) is 34.1 Å². The third kappa shape index (κ3) is 4.66. The Kier molecular flexibility index (Phi) is 6.52. The molecule has 0 saturated heterocycles. The zero-order valence-electron chi connectivity index (χ0n) is 17.5. The smallest absolute Gasteiger partial charge is 0.245 e. The number of hydrogen-bond acceptors (Lipinski definition) is 5. The predicted molar refractivity (Wildman–Crippen MR) is 128 cm³/mol. The monoisotopic (exact) mass is 462 g/mol. The van der Waals surface area contributed by atoms with Gasteiger partial charge in [-0.15, -0.1) is 0 Å². The lowest BCUT2D eigenvalue weighted by Gasteiger charge is -2.29. The number of ether oxygens (including phenoxy) is 1. The van der Waals surface area contributed by atoms with Gasteiger partial charge >= 0.3 is 0 Å². The molecule has 1 unspecified atom stereocenters. The van der Waals surface area contributed by atoms with E-state index < -0.39 is 11.4 Å². The summed E-state index contributed by atoms with van der Waals surface area (Å²) >= 11 is 4.33. The van der Waals surface area contributed by atoms with Crippen LogP contribution >= 0.6 is 11.6 Å². The fourth-order valence-electron chi connectivity index (χ4n) is 3.23. The zero-order chi connectivity index (χ0) is 22.7. The van der Waals surface area contributed by atoms with Crippen LogP contribution in [-0.4, -0.2) is 29.5 Å². The molecule has 3 aromatic rings. The summed E-state index contributed by atoms with van der Waals surface area (Å²) in [4.78, 5) is 17.6. The summed E-state index contributed by atoms with van der Waals surface area (Å²) < 4.78 is 19.6. The van der Waals surface area contributed by atoms with Crippen molar-refractivity contribution in [3.05, 3.63) is 93.0 Å². The predicted octanol–water partition coefficient (Wildman–Crippen LogP) is 4.68. The molecule has 32 heavy (non-hydrogen) atoms. The van der Waals surface area contributed by atoms with Gasteiger partial charge in [-0.1, -0.05) is 41.6 Å². The minimum atomic E-state index is -1.60. The number of carbonyl (C=O) groups is 1. The van der Waals surface area contributed by atoms with E-state index in [1.165, 1.54) is 0 Å². The summed E-state index contributed by atoms with van der Waals surface area (Å²) in [6.45, 7) is 0. The molecule has 0 N–H and O–H groups in total. The Labute approximate surface area is 195 Å². The molecule has 5 nitrogen and oxygen atoms in total. The molecule has 7 heteroatoms. The van der Waals surface area contributed by atoms with Gasteiger partial charge in [-0.3, -0.25) is 4.79 Å². The van der Waals surface area contributed by atoms with Crippen molar-refractivity contribution in [2.75, 3.05) is 18.5 Å². The molecule has 1 aliphatic heterocycles. The van der Waals surface area contributed by atoms with Crippen molar-refractivity contribution in [1.29, 1.82) is 0 Å². The first-order valence-corrected chi connectivity index (χ1v) is 11.2. The third-order valence-electron chi connectivity index (χ3n) is 4.94. The Morgan fingerprint density at radius 1 is 1.19 bits per heavy atom. The number of benzene rings is 2. The second-order valence-corrected chi connectivity index (χ2v) is 8.98. The maximum absolute atomic E-state index is 13.2. The highest BCUT2D eigenvalue weighted by Gasteiger charge is 2.38. The lowest BCUT2D eigenvalue weighted by molar-refractivity contribution is 0.104. The van der Waals surface area contributed by atoms with Gasteiger partial charge in [0, 0.05) is 35.3 Å². The zero-order valence-corrected chi connectivity index (χ0v) is 19.0. The van der Waals surface area contributed by atoms with Crippen LogP contribution in [0.2, 0.25) is 5.02 Å². The normalized spacial score (nSPS) is 16.4. The van der Waals surface area contributed by atoms with Crippen LogP contribution in [0.5, 0.6) is 5.88 Å². The number of nitrogens with zero attached hydrogens (tertiary/aromatic N) is 2. The van der Waals surface area contributed by atoms with E-state index >= 15 is 0 Å². The average Bonchev–Trinajstić information content (AvgIpc) is 2.82. The van der Waals surface area contributed by atoms with Gasteiger partial charge in [-0.25, -0.2) is 4.98 Å². The third-order valence-corrected chi connectivity index (χ3v) is 6.57. The Bertz CT molecular complexity index is 1240. The van der Waals surface area contributed by atoms with Crippen LogP contribution < -0.4 is 9.04 Å². The quantitative estimate of drug-likeness (QED) is 0.321. The van der Waals surface area contributed by atoms with Gasteiger partial charge < -0.3 is 9.29 Å². The van der Waals surface area contributed by atoms with Gasteiger partial charge in [0.05, 0.1) is 25.4 Å². The minimum absolute atomic E-state index is 0.219. The van der Waals surface area contributed by atoms with Crippen LogP contribution in [0.15, 0.2) is 65.7 Å².